The van der Waals surface area contributed by atoms with Crippen LogP contribution in [0.4, 0.5) is 0 Å². The van der Waals surface area contributed by atoms with E-state index in [0.29, 0.717) is 18.1 Å². The number of rotatable bonds is 7. The first kappa shape index (κ1) is 16.3. The van der Waals surface area contributed by atoms with Crippen LogP contribution in [0.25, 0.3) is 0 Å². The lowest BCUT2D eigenvalue weighted by Crippen LogP contribution is -2.30. The van der Waals surface area contributed by atoms with Gasteiger partial charge in [0.15, 0.2) is 0 Å². The maximum atomic E-state index is 6.14. The molecule has 1 saturated carbocycles. The number of nitrogens with zero attached hydrogens (tertiary/aromatic N) is 1. The molecule has 0 aliphatic heterocycles. The summed E-state index contributed by atoms with van der Waals surface area (Å²) in [7, 11) is 0. The van der Waals surface area contributed by atoms with Gasteiger partial charge in [-0.1, -0.05) is 26.3 Å². The molecule has 0 aromatic carbocycles. The van der Waals surface area contributed by atoms with Gasteiger partial charge in [0.25, 0.3) is 0 Å². The van der Waals surface area contributed by atoms with Crippen LogP contribution in [0, 0.1) is 5.92 Å². The Morgan fingerprint density at radius 3 is 2.76 bits per heavy atom. The highest BCUT2D eigenvalue weighted by Crippen LogP contribution is 2.30. The van der Waals surface area contributed by atoms with Crippen LogP contribution >= 0.6 is 0 Å². The van der Waals surface area contributed by atoms with Gasteiger partial charge in [-0.05, 0) is 57.1 Å². The molecular weight excluding hydrogens is 260 g/mol. The number of hydrogen-bond acceptors (Lipinski definition) is 3. The molecule has 1 fully saturated rings. The molecule has 2 rings (SSSR count). The number of aromatic nitrogens is 1. The van der Waals surface area contributed by atoms with Gasteiger partial charge in [0.2, 0.25) is 5.88 Å². The van der Waals surface area contributed by atoms with Crippen LogP contribution in [0.15, 0.2) is 18.3 Å². The molecule has 0 bridgehead atoms. The Kier molecular flexibility index (Phi) is 6.50. The normalized spacial score (nSPS) is 23.8. The van der Waals surface area contributed by atoms with E-state index in [4.69, 9.17) is 4.74 Å². The zero-order valence-electron chi connectivity index (χ0n) is 13.8. The molecule has 0 saturated heterocycles. The molecule has 118 valence electrons. The van der Waals surface area contributed by atoms with Gasteiger partial charge in [-0.25, -0.2) is 4.98 Å². The van der Waals surface area contributed by atoms with E-state index < -0.39 is 0 Å². The van der Waals surface area contributed by atoms with Gasteiger partial charge in [-0.15, -0.1) is 0 Å². The summed E-state index contributed by atoms with van der Waals surface area (Å²) < 4.78 is 6.14. The minimum absolute atomic E-state index is 0.351. The zero-order valence-corrected chi connectivity index (χ0v) is 13.8. The van der Waals surface area contributed by atoms with E-state index in [1.165, 1.54) is 37.7 Å². The average molecular weight is 290 g/mol. The first-order valence-corrected chi connectivity index (χ1v) is 8.60. The van der Waals surface area contributed by atoms with Crippen molar-refractivity contribution in [2.75, 3.05) is 6.54 Å². The molecule has 1 aromatic rings. The molecule has 3 atom stereocenters. The lowest BCUT2D eigenvalue weighted by molar-refractivity contribution is 0.0858. The van der Waals surface area contributed by atoms with E-state index in [1.54, 1.807) is 0 Å². The van der Waals surface area contributed by atoms with E-state index >= 15 is 0 Å². The smallest absolute Gasteiger partial charge is 0.213 e. The summed E-state index contributed by atoms with van der Waals surface area (Å²) in [5.74, 6) is 1.48. The minimum Gasteiger partial charge on any atom is -0.474 e. The fourth-order valence-corrected chi connectivity index (χ4v) is 3.15. The van der Waals surface area contributed by atoms with Gasteiger partial charge in [0, 0.05) is 18.3 Å². The quantitative estimate of drug-likeness (QED) is 0.803. The molecule has 1 aliphatic carbocycles. The summed E-state index contributed by atoms with van der Waals surface area (Å²) in [5, 5.41) is 3.48. The monoisotopic (exact) mass is 290 g/mol. The number of hydrogen-bond donors (Lipinski definition) is 1. The highest BCUT2D eigenvalue weighted by Gasteiger charge is 2.25. The minimum atomic E-state index is 0.351. The Bertz CT molecular complexity index is 404. The topological polar surface area (TPSA) is 34.1 Å². The Morgan fingerprint density at radius 2 is 2.10 bits per heavy atom. The number of pyridine rings is 1. The summed E-state index contributed by atoms with van der Waals surface area (Å²) in [5.41, 5.74) is 1.23. The van der Waals surface area contributed by atoms with Crippen LogP contribution < -0.4 is 10.1 Å². The largest absolute Gasteiger partial charge is 0.474 e. The molecule has 0 amide bonds. The van der Waals surface area contributed by atoms with Gasteiger partial charge in [0.1, 0.15) is 6.10 Å². The van der Waals surface area contributed by atoms with Crippen molar-refractivity contribution >= 4 is 0 Å². The zero-order chi connectivity index (χ0) is 15.1. The number of nitrogens with one attached hydrogen (secondary N) is 1. The van der Waals surface area contributed by atoms with Crippen molar-refractivity contribution in [1.29, 1.82) is 0 Å². The maximum absolute atomic E-state index is 6.14. The molecular formula is C18H30N2O. The van der Waals surface area contributed by atoms with Gasteiger partial charge in [-0.3, -0.25) is 0 Å². The van der Waals surface area contributed by atoms with Crippen LogP contribution in [0.5, 0.6) is 5.88 Å². The van der Waals surface area contributed by atoms with Crippen LogP contribution in [0.3, 0.4) is 0 Å². The Balaban J connectivity index is 1.92. The number of ether oxygens (including phenoxy) is 1. The second kappa shape index (κ2) is 8.38. The van der Waals surface area contributed by atoms with Crippen LogP contribution in [0.2, 0.25) is 0 Å². The van der Waals surface area contributed by atoms with E-state index in [0.717, 1.165) is 18.8 Å². The SMILES string of the molecule is CCCNC(C)c1ccc(OC2CCCCC2CC)nc1. The lowest BCUT2D eigenvalue weighted by atomic mass is 9.85. The van der Waals surface area contributed by atoms with Crippen molar-refractivity contribution < 1.29 is 4.74 Å². The molecule has 0 spiro atoms. The van der Waals surface area contributed by atoms with E-state index in [2.05, 4.69) is 37.1 Å². The molecule has 3 nitrogen and oxygen atoms in total. The standard InChI is InChI=1S/C18H30N2O/c1-4-12-19-14(3)16-10-11-18(20-13-16)21-17-9-7-6-8-15(17)5-2/h10-11,13-15,17,19H,4-9,12H2,1-3H3. The van der Waals surface area contributed by atoms with Crippen LogP contribution in [0.1, 0.15) is 70.9 Å². The van der Waals surface area contributed by atoms with E-state index in [1.807, 2.05) is 12.3 Å². The molecule has 21 heavy (non-hydrogen) atoms. The van der Waals surface area contributed by atoms with Gasteiger partial charge < -0.3 is 10.1 Å². The predicted molar refractivity (Wildman–Crippen MR) is 87.6 cm³/mol. The highest BCUT2D eigenvalue weighted by atomic mass is 16.5. The average Bonchev–Trinajstić information content (AvgIpc) is 2.54. The third-order valence-electron chi connectivity index (χ3n) is 4.60. The highest BCUT2D eigenvalue weighted by molar-refractivity contribution is 5.20. The van der Waals surface area contributed by atoms with Crippen molar-refractivity contribution in [1.82, 2.24) is 10.3 Å². The van der Waals surface area contributed by atoms with Gasteiger partial charge >= 0.3 is 0 Å². The third-order valence-corrected chi connectivity index (χ3v) is 4.60. The molecule has 1 N–H and O–H groups in total. The second-order valence-corrected chi connectivity index (χ2v) is 6.21. The van der Waals surface area contributed by atoms with Crippen molar-refractivity contribution in [2.24, 2.45) is 5.92 Å². The van der Waals surface area contributed by atoms with Crippen molar-refractivity contribution in [2.45, 2.75) is 71.4 Å². The van der Waals surface area contributed by atoms with E-state index in [-0.39, 0.29) is 0 Å². The van der Waals surface area contributed by atoms with Crippen molar-refractivity contribution in [3.8, 4) is 5.88 Å². The van der Waals surface area contributed by atoms with Crippen LogP contribution in [-0.2, 0) is 0 Å². The fraction of sp³-hybridized carbons (Fsp3) is 0.722. The third kappa shape index (κ3) is 4.70. The molecule has 0 radical (unpaired) electrons. The lowest BCUT2D eigenvalue weighted by Gasteiger charge is -2.30. The summed E-state index contributed by atoms with van der Waals surface area (Å²) >= 11 is 0. The van der Waals surface area contributed by atoms with E-state index in [9.17, 15) is 0 Å². The summed E-state index contributed by atoms with van der Waals surface area (Å²) in [6, 6.07) is 4.52. The Morgan fingerprint density at radius 1 is 1.29 bits per heavy atom. The summed E-state index contributed by atoms with van der Waals surface area (Å²) in [6.45, 7) is 7.67. The summed E-state index contributed by atoms with van der Waals surface area (Å²) in [4.78, 5) is 4.51. The molecule has 1 aromatic heterocycles. The maximum Gasteiger partial charge on any atom is 0.213 e. The first-order chi connectivity index (χ1) is 10.2. The predicted octanol–water partition coefficient (Wildman–Crippen LogP) is 4.49. The van der Waals surface area contributed by atoms with Crippen molar-refractivity contribution in [3.05, 3.63) is 23.9 Å². The van der Waals surface area contributed by atoms with Crippen LogP contribution in [-0.4, -0.2) is 17.6 Å². The van der Waals surface area contributed by atoms with Gasteiger partial charge in [0.05, 0.1) is 0 Å². The van der Waals surface area contributed by atoms with Gasteiger partial charge in [-0.2, -0.15) is 0 Å². The Hall–Kier alpha value is -1.09. The Labute approximate surface area is 129 Å². The molecule has 1 heterocycles. The summed E-state index contributed by atoms with van der Waals surface area (Å²) in [6.07, 6.45) is 9.79. The fourth-order valence-electron chi connectivity index (χ4n) is 3.15. The van der Waals surface area contributed by atoms with Crippen molar-refractivity contribution in [3.63, 3.8) is 0 Å². The molecule has 3 unspecified atom stereocenters. The molecule has 1 aliphatic rings. The first-order valence-electron chi connectivity index (χ1n) is 8.60. The molecule has 3 heteroatoms. The second-order valence-electron chi connectivity index (χ2n) is 6.21.